The topological polar surface area (TPSA) is 121 Å². The molecule has 3 N–H and O–H groups in total. The number of pyridine rings is 1. The van der Waals surface area contributed by atoms with Gasteiger partial charge in [0.15, 0.2) is 0 Å². The molecule has 0 aliphatic carbocycles. The van der Waals surface area contributed by atoms with Crippen LogP contribution in [0.4, 0.5) is 5.69 Å². The number of fused-ring (bicyclic) bond motifs is 1. The molecule has 2 aromatic heterocycles. The quantitative estimate of drug-likeness (QED) is 0.676. The van der Waals surface area contributed by atoms with Gasteiger partial charge in [0.25, 0.3) is 0 Å². The lowest BCUT2D eigenvalue weighted by molar-refractivity contribution is -0.114. The summed E-state index contributed by atoms with van der Waals surface area (Å²) in [6.07, 6.45) is 0. The number of amides is 1. The SMILES string of the molecule is CC(=O)Nc1cc(C(=O)O)cc(-c2ccc3[nH]nnc3n2)c1. The number of aromatic carboxylic acids is 1. The van der Waals surface area contributed by atoms with Crippen LogP contribution in [-0.4, -0.2) is 37.4 Å². The maximum atomic E-state index is 11.2. The van der Waals surface area contributed by atoms with E-state index in [1.165, 1.54) is 19.1 Å². The first-order chi connectivity index (χ1) is 10.5. The summed E-state index contributed by atoms with van der Waals surface area (Å²) in [5.41, 5.74) is 2.66. The van der Waals surface area contributed by atoms with Crippen molar-refractivity contribution in [2.24, 2.45) is 0 Å². The van der Waals surface area contributed by atoms with Gasteiger partial charge in [0.1, 0.15) is 5.52 Å². The maximum absolute atomic E-state index is 11.2. The van der Waals surface area contributed by atoms with Gasteiger partial charge in [-0.1, -0.05) is 5.21 Å². The molecule has 0 aliphatic rings. The van der Waals surface area contributed by atoms with Gasteiger partial charge in [0.05, 0.1) is 11.3 Å². The van der Waals surface area contributed by atoms with Crippen molar-refractivity contribution >= 4 is 28.7 Å². The van der Waals surface area contributed by atoms with Crippen molar-refractivity contribution in [2.75, 3.05) is 5.32 Å². The molecule has 0 aliphatic heterocycles. The van der Waals surface area contributed by atoms with E-state index in [0.717, 1.165) is 0 Å². The molecule has 0 spiro atoms. The van der Waals surface area contributed by atoms with Crippen molar-refractivity contribution in [3.8, 4) is 11.3 Å². The Labute approximate surface area is 124 Å². The zero-order valence-corrected chi connectivity index (χ0v) is 11.5. The first-order valence-electron chi connectivity index (χ1n) is 6.37. The van der Waals surface area contributed by atoms with Gasteiger partial charge in [-0.15, -0.1) is 5.10 Å². The summed E-state index contributed by atoms with van der Waals surface area (Å²) in [7, 11) is 0. The molecule has 0 radical (unpaired) electrons. The Kier molecular flexibility index (Phi) is 3.26. The van der Waals surface area contributed by atoms with Gasteiger partial charge >= 0.3 is 5.97 Å². The molecule has 1 amide bonds. The van der Waals surface area contributed by atoms with Gasteiger partial charge in [0.2, 0.25) is 11.6 Å². The standard InChI is InChI=1S/C14H11N5O3/c1-7(20)15-10-5-8(4-9(6-10)14(21)22)11-2-3-12-13(16-11)18-19-17-12/h2-6H,1H3,(H,15,20)(H,21,22)(H,16,17,18,19). The summed E-state index contributed by atoms with van der Waals surface area (Å²) in [6.45, 7) is 1.35. The molecular weight excluding hydrogens is 286 g/mol. The number of carboxylic acid groups (broad SMARTS) is 1. The van der Waals surface area contributed by atoms with Gasteiger partial charge in [0, 0.05) is 18.2 Å². The fourth-order valence-corrected chi connectivity index (χ4v) is 2.07. The van der Waals surface area contributed by atoms with Crippen LogP contribution < -0.4 is 5.32 Å². The summed E-state index contributed by atoms with van der Waals surface area (Å²) in [6, 6.07) is 8.01. The van der Waals surface area contributed by atoms with Crippen LogP contribution in [0.5, 0.6) is 0 Å². The average molecular weight is 297 g/mol. The highest BCUT2D eigenvalue weighted by atomic mass is 16.4. The molecule has 0 saturated heterocycles. The van der Waals surface area contributed by atoms with Crippen LogP contribution in [0.1, 0.15) is 17.3 Å². The smallest absolute Gasteiger partial charge is 0.335 e. The summed E-state index contributed by atoms with van der Waals surface area (Å²) < 4.78 is 0. The van der Waals surface area contributed by atoms with E-state index in [0.29, 0.717) is 28.1 Å². The van der Waals surface area contributed by atoms with Crippen LogP contribution in [-0.2, 0) is 4.79 Å². The second-order valence-corrected chi connectivity index (χ2v) is 4.66. The van der Waals surface area contributed by atoms with Crippen molar-refractivity contribution in [1.82, 2.24) is 20.4 Å². The van der Waals surface area contributed by atoms with E-state index in [9.17, 15) is 14.7 Å². The number of anilines is 1. The van der Waals surface area contributed by atoms with Crippen molar-refractivity contribution in [2.45, 2.75) is 6.92 Å². The van der Waals surface area contributed by atoms with E-state index >= 15 is 0 Å². The highest BCUT2D eigenvalue weighted by Crippen LogP contribution is 2.25. The molecular formula is C14H11N5O3. The van der Waals surface area contributed by atoms with Gasteiger partial charge in [-0.3, -0.25) is 9.89 Å². The lowest BCUT2D eigenvalue weighted by Gasteiger charge is -2.08. The molecule has 110 valence electrons. The van der Waals surface area contributed by atoms with Crippen molar-refractivity contribution in [3.05, 3.63) is 35.9 Å². The fourth-order valence-electron chi connectivity index (χ4n) is 2.07. The second kappa shape index (κ2) is 5.24. The molecule has 0 fully saturated rings. The molecule has 1 aromatic carbocycles. The number of carboxylic acids is 1. The monoisotopic (exact) mass is 297 g/mol. The minimum Gasteiger partial charge on any atom is -0.478 e. The number of hydrogen-bond acceptors (Lipinski definition) is 5. The van der Waals surface area contributed by atoms with Crippen LogP contribution in [0, 0.1) is 0 Å². The van der Waals surface area contributed by atoms with Crippen LogP contribution in [0.2, 0.25) is 0 Å². The molecule has 8 nitrogen and oxygen atoms in total. The van der Waals surface area contributed by atoms with E-state index in [4.69, 9.17) is 0 Å². The Morgan fingerprint density at radius 2 is 2.05 bits per heavy atom. The van der Waals surface area contributed by atoms with Crippen LogP contribution in [0.15, 0.2) is 30.3 Å². The number of carbonyl (C=O) groups excluding carboxylic acids is 1. The molecule has 3 rings (SSSR count). The third kappa shape index (κ3) is 2.62. The van der Waals surface area contributed by atoms with Gasteiger partial charge in [-0.25, -0.2) is 9.78 Å². The minimum atomic E-state index is -1.09. The van der Waals surface area contributed by atoms with Crippen LogP contribution in [0.3, 0.4) is 0 Å². The second-order valence-electron chi connectivity index (χ2n) is 4.66. The Bertz CT molecular complexity index is 887. The predicted octanol–water partition coefficient (Wildman–Crippen LogP) is 1.68. The summed E-state index contributed by atoms with van der Waals surface area (Å²) in [5, 5.41) is 21.9. The molecule has 0 atom stereocenters. The molecule has 0 unspecified atom stereocenters. The van der Waals surface area contributed by atoms with Crippen LogP contribution >= 0.6 is 0 Å². The number of nitrogens with zero attached hydrogens (tertiary/aromatic N) is 3. The zero-order valence-electron chi connectivity index (χ0n) is 11.5. The number of aromatic nitrogens is 4. The average Bonchev–Trinajstić information content (AvgIpc) is 2.93. The highest BCUT2D eigenvalue weighted by Gasteiger charge is 2.11. The van der Waals surface area contributed by atoms with E-state index in [2.05, 4.69) is 25.7 Å². The van der Waals surface area contributed by atoms with Gasteiger partial charge < -0.3 is 10.4 Å². The predicted molar refractivity (Wildman–Crippen MR) is 78.4 cm³/mol. The molecule has 0 bridgehead atoms. The van der Waals surface area contributed by atoms with Crippen molar-refractivity contribution in [3.63, 3.8) is 0 Å². The first-order valence-corrected chi connectivity index (χ1v) is 6.37. The number of aromatic amines is 1. The zero-order chi connectivity index (χ0) is 15.7. The lowest BCUT2D eigenvalue weighted by Crippen LogP contribution is -2.07. The van der Waals surface area contributed by atoms with Gasteiger partial charge in [-0.2, -0.15) is 0 Å². The summed E-state index contributed by atoms with van der Waals surface area (Å²) >= 11 is 0. The van der Waals surface area contributed by atoms with E-state index in [-0.39, 0.29) is 11.5 Å². The van der Waals surface area contributed by atoms with E-state index in [1.54, 1.807) is 18.2 Å². The number of H-pyrrole nitrogens is 1. The Morgan fingerprint density at radius 3 is 2.77 bits per heavy atom. The summed E-state index contributed by atoms with van der Waals surface area (Å²) in [5.74, 6) is -1.37. The Hall–Kier alpha value is -3.29. The summed E-state index contributed by atoms with van der Waals surface area (Å²) in [4.78, 5) is 26.7. The van der Waals surface area contributed by atoms with Gasteiger partial charge in [-0.05, 0) is 30.3 Å². The molecule has 0 saturated carbocycles. The third-order valence-electron chi connectivity index (χ3n) is 2.99. The van der Waals surface area contributed by atoms with Crippen molar-refractivity contribution < 1.29 is 14.7 Å². The Balaban J connectivity index is 2.13. The normalized spacial score (nSPS) is 10.6. The molecule has 8 heteroatoms. The fraction of sp³-hybridized carbons (Fsp3) is 0.0714. The molecule has 22 heavy (non-hydrogen) atoms. The number of hydrogen-bond donors (Lipinski definition) is 3. The van der Waals surface area contributed by atoms with Crippen LogP contribution in [0.25, 0.3) is 22.4 Å². The lowest BCUT2D eigenvalue weighted by atomic mass is 10.1. The third-order valence-corrected chi connectivity index (χ3v) is 2.99. The Morgan fingerprint density at radius 1 is 1.23 bits per heavy atom. The van der Waals surface area contributed by atoms with E-state index in [1.807, 2.05) is 0 Å². The number of benzene rings is 1. The first kappa shape index (κ1) is 13.7. The maximum Gasteiger partial charge on any atom is 0.335 e. The molecule has 2 heterocycles. The van der Waals surface area contributed by atoms with E-state index < -0.39 is 5.97 Å². The molecule has 3 aromatic rings. The number of carbonyl (C=O) groups is 2. The number of rotatable bonds is 3. The highest BCUT2D eigenvalue weighted by molar-refractivity contribution is 5.95. The largest absolute Gasteiger partial charge is 0.478 e. The van der Waals surface area contributed by atoms with Crippen molar-refractivity contribution in [1.29, 1.82) is 0 Å². The number of nitrogens with one attached hydrogen (secondary N) is 2. The minimum absolute atomic E-state index is 0.0586.